The molecule has 2 heterocycles. The fourth-order valence-electron chi connectivity index (χ4n) is 1.95. The first-order valence-corrected chi connectivity index (χ1v) is 6.60. The highest BCUT2D eigenvalue weighted by Crippen LogP contribution is 2.31. The zero-order chi connectivity index (χ0) is 11.5. The van der Waals surface area contributed by atoms with Gasteiger partial charge in [0.2, 0.25) is 0 Å². The lowest BCUT2D eigenvalue weighted by atomic mass is 10.1. The van der Waals surface area contributed by atoms with Crippen molar-refractivity contribution in [3.05, 3.63) is 20.9 Å². The van der Waals surface area contributed by atoms with E-state index in [9.17, 15) is 0 Å². The SMILES string of the molecule is N#CCC1CCN(c2nccc(I)c2Cl)C1. The highest BCUT2D eigenvalue weighted by Gasteiger charge is 2.25. The van der Waals surface area contributed by atoms with Gasteiger partial charge < -0.3 is 4.90 Å². The molecule has 5 heteroatoms. The average Bonchev–Trinajstić information content (AvgIpc) is 2.71. The summed E-state index contributed by atoms with van der Waals surface area (Å²) in [6, 6.07) is 4.12. The van der Waals surface area contributed by atoms with Crippen LogP contribution in [0.4, 0.5) is 5.82 Å². The van der Waals surface area contributed by atoms with Crippen LogP contribution < -0.4 is 4.90 Å². The summed E-state index contributed by atoms with van der Waals surface area (Å²) in [6.07, 6.45) is 3.45. The van der Waals surface area contributed by atoms with Gasteiger partial charge in [0.15, 0.2) is 0 Å². The number of hydrogen-bond acceptors (Lipinski definition) is 3. The summed E-state index contributed by atoms with van der Waals surface area (Å²) in [5.74, 6) is 1.31. The van der Waals surface area contributed by atoms with Crippen LogP contribution in [0.15, 0.2) is 12.3 Å². The van der Waals surface area contributed by atoms with Crippen molar-refractivity contribution in [1.82, 2.24) is 4.98 Å². The molecule has 0 N–H and O–H groups in total. The van der Waals surface area contributed by atoms with Gasteiger partial charge in [0.1, 0.15) is 5.82 Å². The maximum Gasteiger partial charge on any atom is 0.148 e. The molecule has 0 aliphatic carbocycles. The second-order valence-corrected chi connectivity index (χ2v) is 5.43. The molecule has 1 aliphatic heterocycles. The van der Waals surface area contributed by atoms with Gasteiger partial charge in [0.05, 0.1) is 11.1 Å². The molecule has 0 aromatic carbocycles. The fraction of sp³-hybridized carbons (Fsp3) is 0.455. The molecule has 1 unspecified atom stereocenters. The van der Waals surface area contributed by atoms with E-state index in [0.29, 0.717) is 12.3 Å². The van der Waals surface area contributed by atoms with Crippen LogP contribution in [0.5, 0.6) is 0 Å². The Morgan fingerprint density at radius 3 is 3.25 bits per heavy atom. The van der Waals surface area contributed by atoms with Crippen LogP contribution in [0.3, 0.4) is 0 Å². The van der Waals surface area contributed by atoms with Crippen molar-refractivity contribution < 1.29 is 0 Å². The molecule has 2 rings (SSSR count). The van der Waals surface area contributed by atoms with Crippen molar-refractivity contribution in [3.63, 3.8) is 0 Å². The number of pyridine rings is 1. The summed E-state index contributed by atoms with van der Waals surface area (Å²) < 4.78 is 1.02. The number of aromatic nitrogens is 1. The highest BCUT2D eigenvalue weighted by atomic mass is 127. The van der Waals surface area contributed by atoms with Gasteiger partial charge in [0.25, 0.3) is 0 Å². The minimum atomic E-state index is 0.459. The van der Waals surface area contributed by atoms with Crippen molar-refractivity contribution in [2.45, 2.75) is 12.8 Å². The molecule has 1 aromatic rings. The Morgan fingerprint density at radius 2 is 2.50 bits per heavy atom. The number of nitrogens with zero attached hydrogens (tertiary/aromatic N) is 3. The lowest BCUT2D eigenvalue weighted by Gasteiger charge is -2.18. The smallest absolute Gasteiger partial charge is 0.148 e. The molecule has 1 atom stereocenters. The topological polar surface area (TPSA) is 39.9 Å². The molecule has 1 aromatic heterocycles. The summed E-state index contributed by atoms with van der Waals surface area (Å²) in [5.41, 5.74) is 0. The van der Waals surface area contributed by atoms with Crippen LogP contribution in [-0.4, -0.2) is 18.1 Å². The Morgan fingerprint density at radius 1 is 1.69 bits per heavy atom. The predicted octanol–water partition coefficient (Wildman–Crippen LogP) is 3.08. The number of hydrogen-bond donors (Lipinski definition) is 0. The summed E-state index contributed by atoms with van der Waals surface area (Å²) in [6.45, 7) is 1.83. The quantitative estimate of drug-likeness (QED) is 0.772. The molecule has 0 saturated carbocycles. The zero-order valence-electron chi connectivity index (χ0n) is 8.66. The Kier molecular flexibility index (Phi) is 3.87. The minimum absolute atomic E-state index is 0.459. The van der Waals surface area contributed by atoms with Gasteiger partial charge in [-0.25, -0.2) is 4.98 Å². The number of nitriles is 1. The fourth-order valence-corrected chi connectivity index (χ4v) is 2.58. The summed E-state index contributed by atoms with van der Waals surface area (Å²) in [5, 5.41) is 9.39. The number of anilines is 1. The van der Waals surface area contributed by atoms with Crippen molar-refractivity contribution in [2.24, 2.45) is 5.92 Å². The largest absolute Gasteiger partial charge is 0.355 e. The summed E-state index contributed by atoms with van der Waals surface area (Å²) in [4.78, 5) is 6.50. The van der Waals surface area contributed by atoms with Gasteiger partial charge in [-0.15, -0.1) is 0 Å². The first-order valence-electron chi connectivity index (χ1n) is 5.14. The van der Waals surface area contributed by atoms with Gasteiger partial charge in [0, 0.05) is 29.3 Å². The first kappa shape index (κ1) is 11.9. The third-order valence-corrected chi connectivity index (χ3v) is 4.38. The van der Waals surface area contributed by atoms with E-state index >= 15 is 0 Å². The molecular formula is C11H11ClIN3. The molecule has 1 fully saturated rings. The van der Waals surface area contributed by atoms with Crippen LogP contribution in [0.2, 0.25) is 5.02 Å². The molecule has 0 radical (unpaired) electrons. The first-order chi connectivity index (χ1) is 7.72. The van der Waals surface area contributed by atoms with Gasteiger partial charge in [-0.3, -0.25) is 0 Å². The zero-order valence-corrected chi connectivity index (χ0v) is 11.6. The highest BCUT2D eigenvalue weighted by molar-refractivity contribution is 14.1. The monoisotopic (exact) mass is 347 g/mol. The predicted molar refractivity (Wildman–Crippen MR) is 72.5 cm³/mol. The Balaban J connectivity index is 2.15. The lowest BCUT2D eigenvalue weighted by molar-refractivity contribution is 0.605. The van der Waals surface area contributed by atoms with Crippen LogP contribution in [0.25, 0.3) is 0 Å². The average molecular weight is 348 g/mol. The van der Waals surface area contributed by atoms with Crippen LogP contribution >= 0.6 is 34.2 Å². The third kappa shape index (κ3) is 2.41. The van der Waals surface area contributed by atoms with E-state index in [1.807, 2.05) is 6.07 Å². The maximum absolute atomic E-state index is 8.67. The van der Waals surface area contributed by atoms with E-state index in [1.165, 1.54) is 0 Å². The van der Waals surface area contributed by atoms with Crippen molar-refractivity contribution in [2.75, 3.05) is 18.0 Å². The number of halogens is 2. The summed E-state index contributed by atoms with van der Waals surface area (Å²) >= 11 is 8.43. The molecule has 84 valence electrons. The summed E-state index contributed by atoms with van der Waals surface area (Å²) in [7, 11) is 0. The molecule has 1 saturated heterocycles. The van der Waals surface area contributed by atoms with Crippen molar-refractivity contribution >= 4 is 40.0 Å². The van der Waals surface area contributed by atoms with E-state index in [2.05, 4.69) is 38.5 Å². The third-order valence-electron chi connectivity index (χ3n) is 2.79. The molecule has 16 heavy (non-hydrogen) atoms. The Hall–Kier alpha value is -0.540. The minimum Gasteiger partial charge on any atom is -0.355 e. The normalized spacial score (nSPS) is 19.8. The van der Waals surface area contributed by atoms with E-state index < -0.39 is 0 Å². The molecular weight excluding hydrogens is 336 g/mol. The van der Waals surface area contributed by atoms with E-state index in [-0.39, 0.29) is 0 Å². The molecule has 0 bridgehead atoms. The second-order valence-electron chi connectivity index (χ2n) is 3.89. The van der Waals surface area contributed by atoms with E-state index in [1.54, 1.807) is 6.20 Å². The van der Waals surface area contributed by atoms with Crippen molar-refractivity contribution in [1.29, 1.82) is 5.26 Å². The van der Waals surface area contributed by atoms with E-state index in [4.69, 9.17) is 16.9 Å². The van der Waals surface area contributed by atoms with Gasteiger partial charge in [-0.1, -0.05) is 11.6 Å². The van der Waals surface area contributed by atoms with Gasteiger partial charge >= 0.3 is 0 Å². The standard InChI is InChI=1S/C11H11ClIN3/c12-10-9(13)2-5-15-11(10)16-6-3-8(7-16)1-4-14/h2,5,8H,1,3,6-7H2. The van der Waals surface area contributed by atoms with Crippen LogP contribution in [0.1, 0.15) is 12.8 Å². The Labute approximate surface area is 114 Å². The Bertz CT molecular complexity index is 430. The van der Waals surface area contributed by atoms with Crippen LogP contribution in [-0.2, 0) is 0 Å². The molecule has 0 spiro atoms. The van der Waals surface area contributed by atoms with E-state index in [0.717, 1.165) is 33.9 Å². The van der Waals surface area contributed by atoms with Gasteiger partial charge in [-0.05, 0) is 41.0 Å². The molecule has 0 amide bonds. The maximum atomic E-state index is 8.67. The molecule has 3 nitrogen and oxygen atoms in total. The van der Waals surface area contributed by atoms with Crippen LogP contribution in [0, 0.1) is 20.8 Å². The number of rotatable bonds is 2. The second kappa shape index (κ2) is 5.19. The molecule has 1 aliphatic rings. The lowest BCUT2D eigenvalue weighted by Crippen LogP contribution is -2.21. The van der Waals surface area contributed by atoms with Gasteiger partial charge in [-0.2, -0.15) is 5.26 Å². The van der Waals surface area contributed by atoms with Crippen molar-refractivity contribution in [3.8, 4) is 6.07 Å².